The Kier molecular flexibility index (Phi) is 3.74. The summed E-state index contributed by atoms with van der Waals surface area (Å²) in [4.78, 5) is 18.4. The number of nitrogens with one attached hydrogen (secondary N) is 1. The fourth-order valence-corrected chi connectivity index (χ4v) is 2.28. The first-order valence-corrected chi connectivity index (χ1v) is 6.23. The third kappa shape index (κ3) is 2.31. The average molecular weight is 233 g/mol. The van der Waals surface area contributed by atoms with Crippen molar-refractivity contribution < 1.29 is 4.79 Å². The number of carbonyl (C=O) groups is 1. The molecule has 1 aromatic rings. The minimum Gasteiger partial charge on any atom is -0.339 e. The lowest BCUT2D eigenvalue weighted by atomic mass is 9.97. The molecule has 0 saturated heterocycles. The number of hydrogen-bond donors (Lipinski definition) is 1. The maximum absolute atomic E-state index is 12.3. The van der Waals surface area contributed by atoms with Gasteiger partial charge in [-0.25, -0.2) is 0 Å². The Balaban J connectivity index is 2.35. The first-order valence-electron chi connectivity index (χ1n) is 6.23. The Morgan fingerprint density at radius 3 is 2.88 bits per heavy atom. The molecule has 1 N–H and O–H groups in total. The van der Waals surface area contributed by atoms with Crippen molar-refractivity contribution in [1.82, 2.24) is 15.2 Å². The van der Waals surface area contributed by atoms with Crippen molar-refractivity contribution in [2.75, 3.05) is 19.6 Å². The van der Waals surface area contributed by atoms with Gasteiger partial charge < -0.3 is 10.2 Å². The number of amides is 1. The minimum absolute atomic E-state index is 0.112. The summed E-state index contributed by atoms with van der Waals surface area (Å²) >= 11 is 0. The normalized spacial score (nSPS) is 14.2. The van der Waals surface area contributed by atoms with Crippen LogP contribution in [0.2, 0.25) is 0 Å². The summed E-state index contributed by atoms with van der Waals surface area (Å²) in [6.07, 6.45) is 4.49. The maximum Gasteiger partial charge on any atom is 0.255 e. The van der Waals surface area contributed by atoms with E-state index in [-0.39, 0.29) is 5.91 Å². The SMILES string of the molecule is CCN(CC)C(=O)c1cncc2c1CCNC2. The topological polar surface area (TPSA) is 45.2 Å². The molecule has 0 atom stereocenters. The quantitative estimate of drug-likeness (QED) is 0.853. The summed E-state index contributed by atoms with van der Waals surface area (Å²) < 4.78 is 0. The van der Waals surface area contributed by atoms with E-state index in [1.54, 1.807) is 6.20 Å². The third-order valence-corrected chi connectivity index (χ3v) is 3.30. The second-order valence-corrected chi connectivity index (χ2v) is 4.23. The molecule has 0 unspecified atom stereocenters. The van der Waals surface area contributed by atoms with Gasteiger partial charge in [0.1, 0.15) is 0 Å². The van der Waals surface area contributed by atoms with Crippen molar-refractivity contribution in [3.63, 3.8) is 0 Å². The summed E-state index contributed by atoms with van der Waals surface area (Å²) in [6, 6.07) is 0. The molecule has 0 radical (unpaired) electrons. The van der Waals surface area contributed by atoms with Crippen LogP contribution in [-0.4, -0.2) is 35.4 Å². The molecule has 0 aliphatic carbocycles. The highest BCUT2D eigenvalue weighted by molar-refractivity contribution is 5.95. The molecule has 2 heterocycles. The van der Waals surface area contributed by atoms with Crippen molar-refractivity contribution in [3.05, 3.63) is 29.1 Å². The van der Waals surface area contributed by atoms with Gasteiger partial charge in [-0.05, 0) is 37.9 Å². The van der Waals surface area contributed by atoms with Gasteiger partial charge in [0.2, 0.25) is 0 Å². The molecule has 1 aliphatic heterocycles. The van der Waals surface area contributed by atoms with Crippen LogP contribution in [0, 0.1) is 0 Å². The van der Waals surface area contributed by atoms with Crippen LogP contribution in [0.15, 0.2) is 12.4 Å². The fourth-order valence-electron chi connectivity index (χ4n) is 2.28. The van der Waals surface area contributed by atoms with Crippen molar-refractivity contribution in [1.29, 1.82) is 0 Å². The molecule has 0 aromatic carbocycles. The number of pyridine rings is 1. The Labute approximate surface area is 102 Å². The second-order valence-electron chi connectivity index (χ2n) is 4.23. The van der Waals surface area contributed by atoms with E-state index in [1.807, 2.05) is 24.9 Å². The number of nitrogens with zero attached hydrogens (tertiary/aromatic N) is 2. The zero-order chi connectivity index (χ0) is 12.3. The predicted octanol–water partition coefficient (Wildman–Crippen LogP) is 1.21. The van der Waals surface area contributed by atoms with Crippen LogP contribution in [0.5, 0.6) is 0 Å². The smallest absolute Gasteiger partial charge is 0.255 e. The summed E-state index contributed by atoms with van der Waals surface area (Å²) in [5, 5.41) is 3.30. The maximum atomic E-state index is 12.3. The molecule has 2 rings (SSSR count). The summed E-state index contributed by atoms with van der Waals surface area (Å²) in [6.45, 7) is 7.27. The van der Waals surface area contributed by atoms with E-state index >= 15 is 0 Å². The van der Waals surface area contributed by atoms with Crippen molar-refractivity contribution in [3.8, 4) is 0 Å². The van der Waals surface area contributed by atoms with Gasteiger partial charge in [-0.3, -0.25) is 9.78 Å². The van der Waals surface area contributed by atoms with Crippen LogP contribution < -0.4 is 5.32 Å². The van der Waals surface area contributed by atoms with Crippen LogP contribution in [0.4, 0.5) is 0 Å². The second kappa shape index (κ2) is 5.27. The van der Waals surface area contributed by atoms with Gasteiger partial charge in [-0.2, -0.15) is 0 Å². The van der Waals surface area contributed by atoms with Gasteiger partial charge in [-0.1, -0.05) is 0 Å². The molecule has 0 bridgehead atoms. The van der Waals surface area contributed by atoms with Crippen molar-refractivity contribution in [2.45, 2.75) is 26.8 Å². The highest BCUT2D eigenvalue weighted by atomic mass is 16.2. The molecule has 92 valence electrons. The minimum atomic E-state index is 0.112. The van der Waals surface area contributed by atoms with Gasteiger partial charge in [0.05, 0.1) is 5.56 Å². The number of carbonyl (C=O) groups excluding carboxylic acids is 1. The number of hydrogen-bond acceptors (Lipinski definition) is 3. The first-order chi connectivity index (χ1) is 8.27. The highest BCUT2D eigenvalue weighted by Crippen LogP contribution is 2.18. The monoisotopic (exact) mass is 233 g/mol. The lowest BCUT2D eigenvalue weighted by Gasteiger charge is -2.23. The van der Waals surface area contributed by atoms with E-state index in [0.29, 0.717) is 0 Å². The Morgan fingerprint density at radius 1 is 1.41 bits per heavy atom. The summed E-state index contributed by atoms with van der Waals surface area (Å²) in [7, 11) is 0. The largest absolute Gasteiger partial charge is 0.339 e. The van der Waals surface area contributed by atoms with E-state index in [9.17, 15) is 4.79 Å². The molecule has 0 fully saturated rings. The number of rotatable bonds is 3. The van der Waals surface area contributed by atoms with Gasteiger partial charge >= 0.3 is 0 Å². The molecule has 4 heteroatoms. The predicted molar refractivity (Wildman–Crippen MR) is 66.9 cm³/mol. The lowest BCUT2D eigenvalue weighted by Crippen LogP contribution is -2.33. The first kappa shape index (κ1) is 12.0. The van der Waals surface area contributed by atoms with Gasteiger partial charge in [-0.15, -0.1) is 0 Å². The van der Waals surface area contributed by atoms with Crippen LogP contribution in [-0.2, 0) is 13.0 Å². The zero-order valence-corrected chi connectivity index (χ0v) is 10.5. The molecule has 1 aromatic heterocycles. The Bertz CT molecular complexity index is 413. The van der Waals surface area contributed by atoms with E-state index in [4.69, 9.17) is 0 Å². The van der Waals surface area contributed by atoms with Gasteiger partial charge in [0.25, 0.3) is 5.91 Å². The standard InChI is InChI=1S/C13H19N3O/c1-3-16(4-2)13(17)12-9-15-8-10-7-14-6-5-11(10)12/h8-9,14H,3-7H2,1-2H3. The van der Waals surface area contributed by atoms with Gasteiger partial charge in [0.15, 0.2) is 0 Å². The number of aromatic nitrogens is 1. The van der Waals surface area contributed by atoms with E-state index < -0.39 is 0 Å². The van der Waals surface area contributed by atoms with Crippen LogP contribution in [0.25, 0.3) is 0 Å². The Morgan fingerprint density at radius 2 is 2.18 bits per heavy atom. The molecule has 4 nitrogen and oxygen atoms in total. The third-order valence-electron chi connectivity index (χ3n) is 3.30. The van der Waals surface area contributed by atoms with E-state index in [0.717, 1.165) is 43.7 Å². The van der Waals surface area contributed by atoms with Crippen LogP contribution >= 0.6 is 0 Å². The molecular weight excluding hydrogens is 214 g/mol. The van der Waals surface area contributed by atoms with Gasteiger partial charge in [0, 0.05) is 32.0 Å². The molecule has 0 spiro atoms. The molecule has 1 amide bonds. The molecule has 1 aliphatic rings. The molecular formula is C13H19N3O. The Hall–Kier alpha value is -1.42. The average Bonchev–Trinajstić information content (AvgIpc) is 2.39. The van der Waals surface area contributed by atoms with Crippen molar-refractivity contribution >= 4 is 5.91 Å². The molecule has 17 heavy (non-hydrogen) atoms. The summed E-state index contributed by atoms with van der Waals surface area (Å²) in [5.74, 6) is 0.112. The van der Waals surface area contributed by atoms with E-state index in [2.05, 4.69) is 10.3 Å². The lowest BCUT2D eigenvalue weighted by molar-refractivity contribution is 0.0771. The number of fused-ring (bicyclic) bond motifs is 1. The highest BCUT2D eigenvalue weighted by Gasteiger charge is 2.20. The van der Waals surface area contributed by atoms with Crippen LogP contribution in [0.3, 0.4) is 0 Å². The zero-order valence-electron chi connectivity index (χ0n) is 10.5. The summed E-state index contributed by atoms with van der Waals surface area (Å²) in [5.41, 5.74) is 3.12. The van der Waals surface area contributed by atoms with E-state index in [1.165, 1.54) is 5.56 Å². The van der Waals surface area contributed by atoms with Crippen molar-refractivity contribution in [2.24, 2.45) is 0 Å². The van der Waals surface area contributed by atoms with Crippen LogP contribution in [0.1, 0.15) is 35.3 Å². The fraction of sp³-hybridized carbons (Fsp3) is 0.538. The molecule has 0 saturated carbocycles.